The van der Waals surface area contributed by atoms with Crippen LogP contribution in [0.25, 0.3) is 0 Å². The van der Waals surface area contributed by atoms with Gasteiger partial charge in [-0.25, -0.2) is 0 Å². The molecule has 0 aromatic heterocycles. The summed E-state index contributed by atoms with van der Waals surface area (Å²) in [5, 5.41) is 34.4. The van der Waals surface area contributed by atoms with E-state index >= 15 is 0 Å². The summed E-state index contributed by atoms with van der Waals surface area (Å²) < 4.78 is 10.6. The highest BCUT2D eigenvalue weighted by Crippen LogP contribution is 2.37. The van der Waals surface area contributed by atoms with Crippen molar-refractivity contribution >= 4 is 11.9 Å². The van der Waals surface area contributed by atoms with Gasteiger partial charge in [0.15, 0.2) is 17.5 Å². The molecule has 1 aliphatic carbocycles. The van der Waals surface area contributed by atoms with E-state index in [0.29, 0.717) is 43.9 Å². The van der Waals surface area contributed by atoms with Crippen LogP contribution in [-0.2, 0) is 16.0 Å². The van der Waals surface area contributed by atoms with Gasteiger partial charge in [0.05, 0.1) is 19.3 Å². The molecule has 0 bridgehead atoms. The van der Waals surface area contributed by atoms with Gasteiger partial charge in [0.2, 0.25) is 0 Å². The molecule has 6 unspecified atom stereocenters. The van der Waals surface area contributed by atoms with Gasteiger partial charge >= 0.3 is 5.97 Å². The fourth-order valence-electron chi connectivity index (χ4n) is 4.56. The molecule has 186 valence electrons. The van der Waals surface area contributed by atoms with Crippen molar-refractivity contribution in [3.05, 3.63) is 23.8 Å². The monoisotopic (exact) mass is 465 g/mol. The summed E-state index contributed by atoms with van der Waals surface area (Å²) in [5.74, 6) is 0.480. The van der Waals surface area contributed by atoms with Crippen molar-refractivity contribution in [2.75, 3.05) is 20.7 Å². The number of nitrogens with two attached hydrogens (primary N) is 1. The summed E-state index contributed by atoms with van der Waals surface area (Å²) >= 11 is 0. The Morgan fingerprint density at radius 3 is 2.73 bits per heavy atom. The van der Waals surface area contributed by atoms with E-state index < -0.39 is 24.3 Å². The highest BCUT2D eigenvalue weighted by atomic mass is 16.5. The van der Waals surface area contributed by atoms with Gasteiger partial charge in [-0.2, -0.15) is 0 Å². The number of nitrogens with zero attached hydrogens (tertiary/aromatic N) is 1. The molecule has 2 rings (SSSR count). The average Bonchev–Trinajstić information content (AvgIpc) is 2.78. The minimum absolute atomic E-state index is 0.0642. The summed E-state index contributed by atoms with van der Waals surface area (Å²) in [5.41, 5.74) is 6.67. The van der Waals surface area contributed by atoms with Gasteiger partial charge in [-0.3, -0.25) is 9.79 Å². The molecule has 0 heterocycles. The number of benzene rings is 1. The second-order valence-electron chi connectivity index (χ2n) is 8.99. The second kappa shape index (κ2) is 12.6. The molecule has 6 atom stereocenters. The van der Waals surface area contributed by atoms with Crippen molar-refractivity contribution < 1.29 is 29.6 Å². The SMILES string of the molecule is CN=C(N)NCC1CC(C(O)CC(CCc2ccc(O)c(OC)c2)OC(C)=O)CC(O)C1C. The summed E-state index contributed by atoms with van der Waals surface area (Å²) in [6, 6.07) is 5.11. The molecule has 1 aliphatic rings. The minimum Gasteiger partial charge on any atom is -0.504 e. The Morgan fingerprint density at radius 1 is 1.36 bits per heavy atom. The van der Waals surface area contributed by atoms with Crippen LogP contribution in [0.3, 0.4) is 0 Å². The van der Waals surface area contributed by atoms with Crippen LogP contribution >= 0.6 is 0 Å². The van der Waals surface area contributed by atoms with Crippen LogP contribution < -0.4 is 15.8 Å². The number of ether oxygens (including phenoxy) is 2. The molecule has 1 aromatic rings. The van der Waals surface area contributed by atoms with Gasteiger partial charge in [-0.15, -0.1) is 0 Å². The number of phenols is 1. The number of methoxy groups -OCH3 is 1. The number of carbonyl (C=O) groups excluding carboxylic acids is 1. The van der Waals surface area contributed by atoms with Crippen LogP contribution in [0.1, 0.15) is 45.1 Å². The number of aliphatic hydroxyl groups is 2. The molecule has 6 N–H and O–H groups in total. The Kier molecular flexibility index (Phi) is 10.2. The third kappa shape index (κ3) is 8.08. The summed E-state index contributed by atoms with van der Waals surface area (Å²) in [7, 11) is 3.10. The number of hydrogen-bond acceptors (Lipinski definition) is 7. The van der Waals surface area contributed by atoms with Crippen molar-refractivity contribution in [2.45, 2.75) is 64.3 Å². The van der Waals surface area contributed by atoms with Crippen LogP contribution in [0, 0.1) is 17.8 Å². The zero-order valence-corrected chi connectivity index (χ0v) is 20.0. The first-order valence-corrected chi connectivity index (χ1v) is 11.5. The first-order chi connectivity index (χ1) is 15.6. The van der Waals surface area contributed by atoms with Crippen LogP contribution in [0.4, 0.5) is 0 Å². The number of phenolic OH excluding ortho intramolecular Hbond substituents is 1. The number of aryl methyl sites for hydroxylation is 1. The van der Waals surface area contributed by atoms with E-state index in [0.717, 1.165) is 12.0 Å². The number of aromatic hydroxyl groups is 1. The number of aliphatic hydroxyl groups excluding tert-OH is 2. The lowest BCUT2D eigenvalue weighted by Gasteiger charge is -2.40. The third-order valence-electron chi connectivity index (χ3n) is 6.67. The van der Waals surface area contributed by atoms with Crippen LogP contribution in [0.15, 0.2) is 23.2 Å². The smallest absolute Gasteiger partial charge is 0.302 e. The molecule has 0 saturated heterocycles. The maximum atomic E-state index is 11.7. The van der Waals surface area contributed by atoms with E-state index in [2.05, 4.69) is 10.3 Å². The molecule has 0 spiro atoms. The molecule has 9 heteroatoms. The fraction of sp³-hybridized carbons (Fsp3) is 0.667. The Hall–Kier alpha value is -2.52. The van der Waals surface area contributed by atoms with Gasteiger partial charge in [-0.05, 0) is 61.1 Å². The Balaban J connectivity index is 2.01. The Morgan fingerprint density at radius 2 is 2.09 bits per heavy atom. The first kappa shape index (κ1) is 26.7. The van der Waals surface area contributed by atoms with Crippen molar-refractivity contribution in [2.24, 2.45) is 28.5 Å². The van der Waals surface area contributed by atoms with E-state index in [1.807, 2.05) is 6.92 Å². The quantitative estimate of drug-likeness (QED) is 0.199. The van der Waals surface area contributed by atoms with Gasteiger partial charge in [0, 0.05) is 26.9 Å². The molecule has 0 amide bonds. The van der Waals surface area contributed by atoms with Crippen molar-refractivity contribution in [1.29, 1.82) is 0 Å². The van der Waals surface area contributed by atoms with Crippen molar-refractivity contribution in [3.8, 4) is 11.5 Å². The summed E-state index contributed by atoms with van der Waals surface area (Å²) in [6.07, 6.45) is 0.918. The van der Waals surface area contributed by atoms with E-state index in [1.54, 1.807) is 25.2 Å². The van der Waals surface area contributed by atoms with Crippen LogP contribution in [-0.4, -0.2) is 66.3 Å². The molecular formula is C24H39N3O6. The maximum Gasteiger partial charge on any atom is 0.302 e. The lowest BCUT2D eigenvalue weighted by molar-refractivity contribution is -0.149. The first-order valence-electron chi connectivity index (χ1n) is 11.5. The molecule has 0 aliphatic heterocycles. The number of esters is 1. The van der Waals surface area contributed by atoms with Gasteiger partial charge in [0.1, 0.15) is 6.10 Å². The predicted octanol–water partition coefficient (Wildman–Crippen LogP) is 1.57. The van der Waals surface area contributed by atoms with Crippen molar-refractivity contribution in [1.82, 2.24) is 5.32 Å². The molecule has 1 fully saturated rings. The molecular weight excluding hydrogens is 426 g/mol. The number of hydrogen-bond donors (Lipinski definition) is 5. The maximum absolute atomic E-state index is 11.7. The van der Waals surface area contributed by atoms with Crippen LogP contribution in [0.2, 0.25) is 0 Å². The van der Waals surface area contributed by atoms with E-state index in [4.69, 9.17) is 15.2 Å². The highest BCUT2D eigenvalue weighted by Gasteiger charge is 2.37. The normalized spacial score (nSPS) is 25.2. The number of nitrogens with one attached hydrogen (secondary N) is 1. The zero-order chi connectivity index (χ0) is 24.5. The van der Waals surface area contributed by atoms with E-state index in [1.165, 1.54) is 14.0 Å². The number of rotatable bonds is 10. The number of aliphatic imine (C=N–C) groups is 1. The Bertz CT molecular complexity index is 802. The average molecular weight is 466 g/mol. The zero-order valence-electron chi connectivity index (χ0n) is 20.0. The standard InChI is InChI=1S/C24H39N3O6/c1-14-18(13-27-24(25)26-3)10-17(11-21(14)30)22(31)12-19(33-15(2)28)7-5-16-6-8-20(29)23(9-16)32-4/h6,8-9,14,17-19,21-22,29-31H,5,7,10-13H2,1-4H3,(H3,25,26,27). The second-order valence-corrected chi connectivity index (χ2v) is 8.99. The van der Waals surface area contributed by atoms with E-state index in [-0.39, 0.29) is 23.5 Å². The van der Waals surface area contributed by atoms with Crippen LogP contribution in [0.5, 0.6) is 11.5 Å². The lowest BCUT2D eigenvalue weighted by atomic mass is 9.70. The molecule has 9 nitrogen and oxygen atoms in total. The number of carbonyl (C=O) groups is 1. The topological polar surface area (TPSA) is 147 Å². The lowest BCUT2D eigenvalue weighted by Crippen LogP contribution is -2.45. The summed E-state index contributed by atoms with van der Waals surface area (Å²) in [6.45, 7) is 3.93. The van der Waals surface area contributed by atoms with Gasteiger partial charge in [0.25, 0.3) is 0 Å². The van der Waals surface area contributed by atoms with Gasteiger partial charge in [-0.1, -0.05) is 13.0 Å². The third-order valence-corrected chi connectivity index (χ3v) is 6.67. The van der Waals surface area contributed by atoms with Gasteiger partial charge < -0.3 is 35.8 Å². The molecule has 33 heavy (non-hydrogen) atoms. The molecule has 1 aromatic carbocycles. The fourth-order valence-corrected chi connectivity index (χ4v) is 4.56. The van der Waals surface area contributed by atoms with E-state index in [9.17, 15) is 20.1 Å². The predicted molar refractivity (Wildman–Crippen MR) is 126 cm³/mol. The molecule has 0 radical (unpaired) electrons. The minimum atomic E-state index is -0.717. The largest absolute Gasteiger partial charge is 0.504 e. The Labute approximate surface area is 196 Å². The summed E-state index contributed by atoms with van der Waals surface area (Å²) in [4.78, 5) is 15.6. The highest BCUT2D eigenvalue weighted by molar-refractivity contribution is 5.77. The van der Waals surface area contributed by atoms with Crippen molar-refractivity contribution in [3.63, 3.8) is 0 Å². The number of guanidine groups is 1. The molecule has 1 saturated carbocycles.